The molecule has 21 heavy (non-hydrogen) atoms. The van der Waals surface area contributed by atoms with Gasteiger partial charge in [-0.15, -0.1) is 0 Å². The maximum absolute atomic E-state index is 12.1. The zero-order chi connectivity index (χ0) is 15.4. The van der Waals surface area contributed by atoms with Crippen molar-refractivity contribution in [3.8, 4) is 0 Å². The molecule has 1 saturated heterocycles. The summed E-state index contributed by atoms with van der Waals surface area (Å²) in [6, 6.07) is 5.34. The van der Waals surface area contributed by atoms with Crippen LogP contribution in [0.1, 0.15) is 17.5 Å². The Labute approximate surface area is 124 Å². The van der Waals surface area contributed by atoms with Gasteiger partial charge in [0.05, 0.1) is 12.6 Å². The molecule has 1 heterocycles. The SMILES string of the molecule is Cc1ccc(N2C[C@@H](NC(=O)NCCO)CC2=O)cc1C. The topological polar surface area (TPSA) is 81.7 Å². The molecule has 2 rings (SSSR count). The summed E-state index contributed by atoms with van der Waals surface area (Å²) in [4.78, 5) is 25.3. The second kappa shape index (κ2) is 6.58. The summed E-state index contributed by atoms with van der Waals surface area (Å²) < 4.78 is 0. The molecule has 6 heteroatoms. The number of aryl methyl sites for hydroxylation is 2. The average molecular weight is 291 g/mol. The van der Waals surface area contributed by atoms with Crippen LogP contribution in [0, 0.1) is 13.8 Å². The molecule has 3 amide bonds. The molecule has 0 saturated carbocycles. The van der Waals surface area contributed by atoms with Crippen molar-refractivity contribution in [1.29, 1.82) is 0 Å². The summed E-state index contributed by atoms with van der Waals surface area (Å²) in [5.74, 6) is 0.00529. The zero-order valence-electron chi connectivity index (χ0n) is 12.3. The predicted molar refractivity (Wildman–Crippen MR) is 80.3 cm³/mol. The lowest BCUT2D eigenvalue weighted by Gasteiger charge is -2.18. The molecule has 0 radical (unpaired) electrons. The second-order valence-electron chi connectivity index (χ2n) is 5.30. The fourth-order valence-corrected chi connectivity index (χ4v) is 2.35. The molecule has 1 aromatic carbocycles. The maximum atomic E-state index is 12.1. The lowest BCUT2D eigenvalue weighted by Crippen LogP contribution is -2.44. The summed E-state index contributed by atoms with van der Waals surface area (Å²) >= 11 is 0. The van der Waals surface area contributed by atoms with Gasteiger partial charge in [0.1, 0.15) is 0 Å². The quantitative estimate of drug-likeness (QED) is 0.764. The minimum absolute atomic E-state index is 0.00529. The van der Waals surface area contributed by atoms with Crippen LogP contribution in [0.3, 0.4) is 0 Å². The number of nitrogens with one attached hydrogen (secondary N) is 2. The Hall–Kier alpha value is -2.08. The van der Waals surface area contributed by atoms with Crippen LogP contribution in [0.25, 0.3) is 0 Å². The van der Waals surface area contributed by atoms with Gasteiger partial charge in [0, 0.05) is 25.2 Å². The van der Waals surface area contributed by atoms with E-state index < -0.39 is 0 Å². The molecule has 1 aliphatic rings. The van der Waals surface area contributed by atoms with E-state index in [4.69, 9.17) is 5.11 Å². The maximum Gasteiger partial charge on any atom is 0.315 e. The molecule has 6 nitrogen and oxygen atoms in total. The highest BCUT2D eigenvalue weighted by molar-refractivity contribution is 5.96. The molecule has 0 aromatic heterocycles. The minimum atomic E-state index is -0.358. The van der Waals surface area contributed by atoms with E-state index in [-0.39, 0.29) is 31.1 Å². The number of hydrogen-bond acceptors (Lipinski definition) is 3. The summed E-state index contributed by atoms with van der Waals surface area (Å²) in [6.07, 6.45) is 0.291. The molecular formula is C15H21N3O3. The highest BCUT2D eigenvalue weighted by Crippen LogP contribution is 2.23. The summed E-state index contributed by atoms with van der Waals surface area (Å²) in [7, 11) is 0. The number of amides is 3. The third-order valence-corrected chi connectivity index (χ3v) is 3.66. The van der Waals surface area contributed by atoms with Gasteiger partial charge >= 0.3 is 6.03 Å². The number of nitrogens with zero attached hydrogens (tertiary/aromatic N) is 1. The average Bonchev–Trinajstić information content (AvgIpc) is 2.80. The van der Waals surface area contributed by atoms with Crippen molar-refractivity contribution in [2.24, 2.45) is 0 Å². The molecule has 114 valence electrons. The monoisotopic (exact) mass is 291 g/mol. The van der Waals surface area contributed by atoms with E-state index in [1.165, 1.54) is 5.56 Å². The van der Waals surface area contributed by atoms with E-state index in [2.05, 4.69) is 10.6 Å². The van der Waals surface area contributed by atoms with Crippen molar-refractivity contribution in [1.82, 2.24) is 10.6 Å². The fourth-order valence-electron chi connectivity index (χ4n) is 2.35. The third-order valence-electron chi connectivity index (χ3n) is 3.66. The van der Waals surface area contributed by atoms with E-state index in [0.717, 1.165) is 11.3 Å². The van der Waals surface area contributed by atoms with Crippen molar-refractivity contribution in [3.63, 3.8) is 0 Å². The third kappa shape index (κ3) is 3.72. The van der Waals surface area contributed by atoms with Gasteiger partial charge < -0.3 is 20.6 Å². The number of aliphatic hydroxyl groups excluding tert-OH is 1. The molecule has 1 aliphatic heterocycles. The smallest absolute Gasteiger partial charge is 0.315 e. The minimum Gasteiger partial charge on any atom is -0.395 e. The van der Waals surface area contributed by atoms with Gasteiger partial charge in [-0.05, 0) is 37.1 Å². The fraction of sp³-hybridized carbons (Fsp3) is 0.467. The van der Waals surface area contributed by atoms with Crippen molar-refractivity contribution < 1.29 is 14.7 Å². The second-order valence-corrected chi connectivity index (χ2v) is 5.30. The molecule has 0 spiro atoms. The largest absolute Gasteiger partial charge is 0.395 e. The van der Waals surface area contributed by atoms with Crippen molar-refractivity contribution in [2.75, 3.05) is 24.6 Å². The van der Waals surface area contributed by atoms with Crippen LogP contribution in [0.4, 0.5) is 10.5 Å². The van der Waals surface area contributed by atoms with E-state index in [9.17, 15) is 9.59 Å². The predicted octanol–water partition coefficient (Wildman–Crippen LogP) is 0.700. The Bertz CT molecular complexity index is 545. The van der Waals surface area contributed by atoms with E-state index >= 15 is 0 Å². The number of aliphatic hydroxyl groups is 1. The van der Waals surface area contributed by atoms with Gasteiger partial charge in [-0.3, -0.25) is 4.79 Å². The van der Waals surface area contributed by atoms with Crippen LogP contribution >= 0.6 is 0 Å². The Kier molecular flexibility index (Phi) is 4.80. The first-order valence-electron chi connectivity index (χ1n) is 7.04. The number of carbonyl (C=O) groups excluding carboxylic acids is 2. The summed E-state index contributed by atoms with van der Waals surface area (Å²) in [6.45, 7) is 4.60. The molecule has 0 aliphatic carbocycles. The van der Waals surface area contributed by atoms with Gasteiger partial charge in [0.15, 0.2) is 0 Å². The van der Waals surface area contributed by atoms with Crippen LogP contribution in [0.5, 0.6) is 0 Å². The van der Waals surface area contributed by atoms with E-state index in [1.54, 1.807) is 4.90 Å². The standard InChI is InChI=1S/C15H21N3O3/c1-10-3-4-13(7-11(10)2)18-9-12(8-14(18)20)17-15(21)16-5-6-19/h3-4,7,12,19H,5-6,8-9H2,1-2H3,(H2,16,17,21)/t12-/m0/s1. The molecule has 0 unspecified atom stereocenters. The summed E-state index contributed by atoms with van der Waals surface area (Å²) in [5, 5.41) is 13.9. The number of anilines is 1. The molecule has 3 N–H and O–H groups in total. The Morgan fingerprint density at radius 1 is 1.38 bits per heavy atom. The molecule has 1 aromatic rings. The van der Waals surface area contributed by atoms with Gasteiger partial charge in [-0.1, -0.05) is 6.07 Å². The Morgan fingerprint density at radius 2 is 2.14 bits per heavy atom. The number of benzene rings is 1. The van der Waals surface area contributed by atoms with Crippen LogP contribution in [-0.4, -0.2) is 42.8 Å². The highest BCUT2D eigenvalue weighted by Gasteiger charge is 2.31. The molecule has 1 fully saturated rings. The Balaban J connectivity index is 1.99. The first-order chi connectivity index (χ1) is 10.0. The van der Waals surface area contributed by atoms with Gasteiger partial charge in [-0.25, -0.2) is 4.79 Å². The number of hydrogen-bond donors (Lipinski definition) is 3. The molecular weight excluding hydrogens is 270 g/mol. The summed E-state index contributed by atoms with van der Waals surface area (Å²) in [5.41, 5.74) is 3.18. The van der Waals surface area contributed by atoms with Gasteiger partial charge in [0.2, 0.25) is 5.91 Å². The zero-order valence-corrected chi connectivity index (χ0v) is 12.3. The number of rotatable bonds is 4. The van der Waals surface area contributed by atoms with Gasteiger partial charge in [-0.2, -0.15) is 0 Å². The van der Waals surface area contributed by atoms with Crippen LogP contribution in [0.15, 0.2) is 18.2 Å². The van der Waals surface area contributed by atoms with E-state index in [0.29, 0.717) is 13.0 Å². The first-order valence-corrected chi connectivity index (χ1v) is 7.04. The first kappa shape index (κ1) is 15.3. The van der Waals surface area contributed by atoms with Crippen molar-refractivity contribution >= 4 is 17.6 Å². The van der Waals surface area contributed by atoms with Crippen molar-refractivity contribution in [3.05, 3.63) is 29.3 Å². The van der Waals surface area contributed by atoms with Crippen LogP contribution in [0.2, 0.25) is 0 Å². The van der Waals surface area contributed by atoms with E-state index in [1.807, 2.05) is 32.0 Å². The van der Waals surface area contributed by atoms with Crippen LogP contribution in [-0.2, 0) is 4.79 Å². The lowest BCUT2D eigenvalue weighted by atomic mass is 10.1. The molecule has 1 atom stereocenters. The highest BCUT2D eigenvalue weighted by atomic mass is 16.3. The normalized spacial score (nSPS) is 18.0. The lowest BCUT2D eigenvalue weighted by molar-refractivity contribution is -0.117. The van der Waals surface area contributed by atoms with Crippen molar-refractivity contribution in [2.45, 2.75) is 26.3 Å². The molecule has 0 bridgehead atoms. The number of urea groups is 1. The van der Waals surface area contributed by atoms with Crippen LogP contribution < -0.4 is 15.5 Å². The Morgan fingerprint density at radius 3 is 2.81 bits per heavy atom. The van der Waals surface area contributed by atoms with Gasteiger partial charge in [0.25, 0.3) is 0 Å². The number of carbonyl (C=O) groups is 2.